The number of halogens is 2. The zero-order valence-corrected chi connectivity index (χ0v) is 17.9. The second-order valence-corrected chi connectivity index (χ2v) is 8.80. The highest BCUT2D eigenvalue weighted by atomic mass is 19.2. The lowest BCUT2D eigenvalue weighted by Crippen LogP contribution is -2.35. The molecule has 3 nitrogen and oxygen atoms in total. The van der Waals surface area contributed by atoms with Gasteiger partial charge in [-0.2, -0.15) is 8.78 Å². The number of benzene rings is 1. The maximum atomic E-state index is 14.0. The lowest BCUT2D eigenvalue weighted by atomic mass is 9.76. The molecule has 1 aromatic rings. The van der Waals surface area contributed by atoms with Crippen molar-refractivity contribution in [3.63, 3.8) is 0 Å². The smallest absolute Gasteiger partial charge is 0.204 e. The summed E-state index contributed by atoms with van der Waals surface area (Å²) in [5, 5.41) is 0. The highest BCUT2D eigenvalue weighted by Gasteiger charge is 2.32. The highest BCUT2D eigenvalue weighted by Crippen LogP contribution is 2.38. The Balaban J connectivity index is 1.37. The predicted octanol–water partition coefficient (Wildman–Crippen LogP) is 6.53. The molecule has 1 aromatic carbocycles. The molecule has 1 saturated heterocycles. The molecule has 2 fully saturated rings. The fourth-order valence-corrected chi connectivity index (χ4v) is 4.85. The second-order valence-electron chi connectivity index (χ2n) is 8.80. The van der Waals surface area contributed by atoms with Gasteiger partial charge in [0.1, 0.15) is 0 Å². The van der Waals surface area contributed by atoms with E-state index in [4.69, 9.17) is 14.2 Å². The third-order valence-electron chi connectivity index (χ3n) is 6.74. The SMILES string of the molecule is CCCCCC1CCC(C2CCC(COc3ccc(OC)c(F)c3F)CO2)CC1. The number of hydrogen-bond donors (Lipinski definition) is 0. The Hall–Kier alpha value is -1.36. The Morgan fingerprint density at radius 3 is 2.28 bits per heavy atom. The molecular weight excluding hydrogens is 374 g/mol. The molecule has 2 atom stereocenters. The molecule has 2 aliphatic rings. The van der Waals surface area contributed by atoms with E-state index in [9.17, 15) is 8.78 Å². The van der Waals surface area contributed by atoms with Gasteiger partial charge in [-0.3, -0.25) is 0 Å². The van der Waals surface area contributed by atoms with Gasteiger partial charge in [-0.15, -0.1) is 0 Å². The summed E-state index contributed by atoms with van der Waals surface area (Å²) < 4.78 is 44.3. The first kappa shape index (κ1) is 22.3. The summed E-state index contributed by atoms with van der Waals surface area (Å²) in [6, 6.07) is 2.81. The summed E-state index contributed by atoms with van der Waals surface area (Å²) in [5.74, 6) is -0.341. The minimum absolute atomic E-state index is 0.0631. The number of methoxy groups -OCH3 is 1. The molecule has 2 unspecified atom stereocenters. The van der Waals surface area contributed by atoms with Crippen molar-refractivity contribution in [2.45, 2.75) is 77.2 Å². The van der Waals surface area contributed by atoms with E-state index in [-0.39, 0.29) is 17.4 Å². The standard InChI is InChI=1S/C24H36F2O3/c1-3-4-5-6-17-7-10-19(11-8-17)20-12-9-18(15-28-20)16-29-22-14-13-21(27-2)23(25)24(22)26/h13-14,17-20H,3-12,15-16H2,1-2H3. The number of ether oxygens (including phenoxy) is 3. The molecule has 0 bridgehead atoms. The van der Waals surface area contributed by atoms with E-state index in [0.717, 1.165) is 18.8 Å². The molecule has 1 aliphatic carbocycles. The molecule has 0 spiro atoms. The van der Waals surface area contributed by atoms with Gasteiger partial charge in [0.15, 0.2) is 11.5 Å². The predicted molar refractivity (Wildman–Crippen MR) is 110 cm³/mol. The van der Waals surface area contributed by atoms with Crippen LogP contribution in [-0.4, -0.2) is 26.4 Å². The Kier molecular flexibility index (Phi) is 8.58. The fourth-order valence-electron chi connectivity index (χ4n) is 4.85. The van der Waals surface area contributed by atoms with Gasteiger partial charge in [-0.25, -0.2) is 0 Å². The van der Waals surface area contributed by atoms with Crippen molar-refractivity contribution in [3.05, 3.63) is 23.8 Å². The van der Waals surface area contributed by atoms with Gasteiger partial charge in [-0.05, 0) is 49.7 Å². The molecule has 0 radical (unpaired) electrons. The molecule has 1 heterocycles. The van der Waals surface area contributed by atoms with E-state index in [1.807, 2.05) is 0 Å². The van der Waals surface area contributed by atoms with Crippen LogP contribution in [0.2, 0.25) is 0 Å². The van der Waals surface area contributed by atoms with E-state index in [0.29, 0.717) is 25.2 Å². The van der Waals surface area contributed by atoms with Crippen LogP contribution in [0.3, 0.4) is 0 Å². The van der Waals surface area contributed by atoms with Crippen molar-refractivity contribution in [1.29, 1.82) is 0 Å². The third-order valence-corrected chi connectivity index (χ3v) is 6.74. The largest absolute Gasteiger partial charge is 0.494 e. The molecule has 1 aliphatic heterocycles. The molecule has 1 saturated carbocycles. The molecule has 164 valence electrons. The van der Waals surface area contributed by atoms with Crippen molar-refractivity contribution in [1.82, 2.24) is 0 Å². The van der Waals surface area contributed by atoms with Crippen molar-refractivity contribution in [2.75, 3.05) is 20.3 Å². The summed E-state index contributed by atoms with van der Waals surface area (Å²) in [7, 11) is 1.31. The normalized spacial score (nSPS) is 27.6. The average Bonchev–Trinajstić information content (AvgIpc) is 2.76. The number of rotatable bonds is 9. The summed E-state index contributed by atoms with van der Waals surface area (Å²) in [5.41, 5.74) is 0. The maximum absolute atomic E-state index is 14.0. The molecule has 0 N–H and O–H groups in total. The van der Waals surface area contributed by atoms with Gasteiger partial charge in [0.25, 0.3) is 0 Å². The molecular formula is C24H36F2O3. The van der Waals surface area contributed by atoms with Crippen LogP contribution >= 0.6 is 0 Å². The van der Waals surface area contributed by atoms with Crippen LogP contribution in [0.15, 0.2) is 12.1 Å². The Morgan fingerprint density at radius 1 is 0.931 bits per heavy atom. The van der Waals surface area contributed by atoms with Crippen LogP contribution in [0, 0.1) is 29.4 Å². The van der Waals surface area contributed by atoms with Crippen LogP contribution in [-0.2, 0) is 4.74 Å². The molecule has 0 aromatic heterocycles. The first-order chi connectivity index (χ1) is 14.1. The molecule has 3 rings (SSSR count). The molecule has 5 heteroatoms. The zero-order chi connectivity index (χ0) is 20.6. The van der Waals surface area contributed by atoms with Gasteiger partial charge in [0.2, 0.25) is 11.6 Å². The minimum Gasteiger partial charge on any atom is -0.494 e. The van der Waals surface area contributed by atoms with E-state index >= 15 is 0 Å². The van der Waals surface area contributed by atoms with Crippen LogP contribution in [0.25, 0.3) is 0 Å². The van der Waals surface area contributed by atoms with Crippen molar-refractivity contribution in [2.24, 2.45) is 17.8 Å². The van der Waals surface area contributed by atoms with Crippen LogP contribution in [0.5, 0.6) is 11.5 Å². The quantitative estimate of drug-likeness (QED) is 0.433. The topological polar surface area (TPSA) is 27.7 Å². The van der Waals surface area contributed by atoms with E-state index in [2.05, 4.69) is 6.92 Å². The van der Waals surface area contributed by atoms with Gasteiger partial charge < -0.3 is 14.2 Å². The maximum Gasteiger partial charge on any atom is 0.204 e. The minimum atomic E-state index is -1.00. The third kappa shape index (κ3) is 6.07. The summed E-state index contributed by atoms with van der Waals surface area (Å²) in [6.45, 7) is 3.25. The van der Waals surface area contributed by atoms with Gasteiger partial charge >= 0.3 is 0 Å². The Labute approximate surface area is 174 Å². The second kappa shape index (κ2) is 11.1. The average molecular weight is 411 g/mol. The lowest BCUT2D eigenvalue weighted by molar-refractivity contribution is -0.0656. The highest BCUT2D eigenvalue weighted by molar-refractivity contribution is 5.34. The number of unbranched alkanes of at least 4 members (excludes halogenated alkanes) is 2. The van der Waals surface area contributed by atoms with Crippen LogP contribution in [0.1, 0.15) is 71.1 Å². The van der Waals surface area contributed by atoms with Crippen molar-refractivity contribution >= 4 is 0 Å². The van der Waals surface area contributed by atoms with Gasteiger partial charge in [0.05, 0.1) is 26.4 Å². The lowest BCUT2D eigenvalue weighted by Gasteiger charge is -2.37. The summed E-state index contributed by atoms with van der Waals surface area (Å²) in [6.07, 6.45) is 13.1. The van der Waals surface area contributed by atoms with Crippen LogP contribution in [0.4, 0.5) is 8.78 Å². The summed E-state index contributed by atoms with van der Waals surface area (Å²) >= 11 is 0. The van der Waals surface area contributed by atoms with Crippen molar-refractivity contribution < 1.29 is 23.0 Å². The molecule has 0 amide bonds. The van der Waals surface area contributed by atoms with Crippen LogP contribution < -0.4 is 9.47 Å². The molecule has 29 heavy (non-hydrogen) atoms. The summed E-state index contributed by atoms with van der Waals surface area (Å²) in [4.78, 5) is 0. The first-order valence-corrected chi connectivity index (χ1v) is 11.4. The Morgan fingerprint density at radius 2 is 1.62 bits per heavy atom. The fraction of sp³-hybridized carbons (Fsp3) is 0.750. The Bertz CT molecular complexity index is 621. The van der Waals surface area contributed by atoms with E-state index in [1.165, 1.54) is 70.6 Å². The van der Waals surface area contributed by atoms with Gasteiger partial charge in [-0.1, -0.05) is 45.4 Å². The van der Waals surface area contributed by atoms with Gasteiger partial charge in [0, 0.05) is 5.92 Å². The zero-order valence-electron chi connectivity index (χ0n) is 17.9. The number of hydrogen-bond acceptors (Lipinski definition) is 3. The first-order valence-electron chi connectivity index (χ1n) is 11.4. The van der Waals surface area contributed by atoms with Crippen molar-refractivity contribution in [3.8, 4) is 11.5 Å². The monoisotopic (exact) mass is 410 g/mol. The van der Waals surface area contributed by atoms with E-state index in [1.54, 1.807) is 0 Å². The van der Waals surface area contributed by atoms with E-state index < -0.39 is 11.6 Å².